The van der Waals surface area contributed by atoms with Crippen molar-refractivity contribution in [2.75, 3.05) is 25.3 Å². The number of fused-ring (bicyclic) bond motifs is 1. The van der Waals surface area contributed by atoms with Crippen LogP contribution in [0.5, 0.6) is 17.2 Å². The van der Waals surface area contributed by atoms with Crippen LogP contribution >= 0.6 is 0 Å². The zero-order valence-corrected chi connectivity index (χ0v) is 17.1. The van der Waals surface area contributed by atoms with Gasteiger partial charge >= 0.3 is 5.97 Å². The lowest BCUT2D eigenvalue weighted by molar-refractivity contribution is -0.142. The van der Waals surface area contributed by atoms with Crippen molar-refractivity contribution in [2.45, 2.75) is 12.0 Å². The molecule has 158 valence electrons. The van der Waals surface area contributed by atoms with E-state index >= 15 is 0 Å². The Balaban J connectivity index is 1.60. The van der Waals surface area contributed by atoms with E-state index in [-0.39, 0.29) is 18.8 Å². The van der Waals surface area contributed by atoms with E-state index in [0.717, 1.165) is 22.6 Å². The van der Waals surface area contributed by atoms with Crippen LogP contribution in [0, 0.1) is 5.92 Å². The second kappa shape index (κ2) is 7.87. The number of carbonyl (C=O) groups is 1. The number of hydrogen-bond acceptors (Lipinski definition) is 5. The van der Waals surface area contributed by atoms with E-state index in [4.69, 9.17) is 14.2 Å². The molecule has 3 unspecified atom stereocenters. The molecule has 0 amide bonds. The Bertz CT molecular complexity index is 1080. The fourth-order valence-corrected chi connectivity index (χ4v) is 4.69. The average Bonchev–Trinajstić information content (AvgIpc) is 3.44. The van der Waals surface area contributed by atoms with Gasteiger partial charge in [-0.3, -0.25) is 4.79 Å². The average molecular weight is 417 g/mol. The van der Waals surface area contributed by atoms with E-state index in [1.54, 1.807) is 7.11 Å². The number of benzene rings is 3. The monoisotopic (exact) mass is 417 g/mol. The zero-order chi connectivity index (χ0) is 21.4. The number of anilines is 1. The first-order valence-corrected chi connectivity index (χ1v) is 10.2. The third-order valence-electron chi connectivity index (χ3n) is 6.16. The van der Waals surface area contributed by atoms with Crippen LogP contribution in [-0.4, -0.2) is 31.5 Å². The third-order valence-corrected chi connectivity index (χ3v) is 6.16. The Morgan fingerprint density at radius 1 is 0.968 bits per heavy atom. The molecular weight excluding hydrogens is 394 g/mol. The van der Waals surface area contributed by atoms with E-state index in [9.17, 15) is 9.90 Å². The number of carboxylic acids is 1. The van der Waals surface area contributed by atoms with Crippen molar-refractivity contribution >= 4 is 11.7 Å². The molecule has 2 aliphatic heterocycles. The molecule has 0 spiro atoms. The van der Waals surface area contributed by atoms with Gasteiger partial charge in [0.25, 0.3) is 0 Å². The number of ether oxygens (including phenoxy) is 3. The number of aliphatic carboxylic acids is 1. The second-order valence-electron chi connectivity index (χ2n) is 7.79. The molecule has 2 aliphatic rings. The Hall–Kier alpha value is -3.67. The van der Waals surface area contributed by atoms with Crippen molar-refractivity contribution in [1.29, 1.82) is 0 Å². The minimum Gasteiger partial charge on any atom is -0.497 e. The topological polar surface area (TPSA) is 68.2 Å². The summed E-state index contributed by atoms with van der Waals surface area (Å²) in [7, 11) is 1.62. The predicted octanol–water partition coefficient (Wildman–Crippen LogP) is 4.47. The summed E-state index contributed by atoms with van der Waals surface area (Å²) < 4.78 is 16.3. The first-order valence-electron chi connectivity index (χ1n) is 10.2. The maximum Gasteiger partial charge on any atom is 0.309 e. The van der Waals surface area contributed by atoms with Gasteiger partial charge in [0.15, 0.2) is 11.5 Å². The Morgan fingerprint density at radius 2 is 1.68 bits per heavy atom. The third kappa shape index (κ3) is 3.44. The molecule has 0 aliphatic carbocycles. The molecule has 2 heterocycles. The largest absolute Gasteiger partial charge is 0.497 e. The lowest BCUT2D eigenvalue weighted by atomic mass is 9.82. The van der Waals surface area contributed by atoms with E-state index < -0.39 is 11.9 Å². The molecular formula is C25H23NO5. The molecule has 0 radical (unpaired) electrons. The molecule has 3 atom stereocenters. The van der Waals surface area contributed by atoms with Crippen LogP contribution in [0.4, 0.5) is 5.69 Å². The molecule has 1 saturated heterocycles. The van der Waals surface area contributed by atoms with Crippen LogP contribution < -0.4 is 19.1 Å². The predicted molar refractivity (Wildman–Crippen MR) is 116 cm³/mol. The van der Waals surface area contributed by atoms with Crippen molar-refractivity contribution in [3.05, 3.63) is 83.9 Å². The number of rotatable bonds is 5. The number of carboxylic acid groups (broad SMARTS) is 1. The number of nitrogens with zero attached hydrogens (tertiary/aromatic N) is 1. The van der Waals surface area contributed by atoms with Crippen molar-refractivity contribution < 1.29 is 24.1 Å². The van der Waals surface area contributed by atoms with Gasteiger partial charge in [-0.1, -0.05) is 36.4 Å². The lowest BCUT2D eigenvalue weighted by Crippen LogP contribution is -2.28. The van der Waals surface area contributed by atoms with Gasteiger partial charge in [-0.25, -0.2) is 0 Å². The highest BCUT2D eigenvalue weighted by atomic mass is 16.7. The number of hydrogen-bond donors (Lipinski definition) is 1. The van der Waals surface area contributed by atoms with Gasteiger partial charge in [-0.2, -0.15) is 0 Å². The van der Waals surface area contributed by atoms with Gasteiger partial charge in [0.2, 0.25) is 6.79 Å². The molecule has 0 aromatic heterocycles. The van der Waals surface area contributed by atoms with Crippen LogP contribution in [0.2, 0.25) is 0 Å². The molecule has 0 bridgehead atoms. The molecule has 6 heteroatoms. The molecule has 3 aromatic carbocycles. The van der Waals surface area contributed by atoms with E-state index in [0.29, 0.717) is 18.0 Å². The van der Waals surface area contributed by atoms with Crippen LogP contribution in [0.15, 0.2) is 72.8 Å². The van der Waals surface area contributed by atoms with Crippen LogP contribution in [0.25, 0.3) is 0 Å². The smallest absolute Gasteiger partial charge is 0.309 e. The van der Waals surface area contributed by atoms with Gasteiger partial charge in [0.05, 0.1) is 19.1 Å². The minimum absolute atomic E-state index is 0.191. The Morgan fingerprint density at radius 3 is 2.39 bits per heavy atom. The Labute approximate surface area is 180 Å². The summed E-state index contributed by atoms with van der Waals surface area (Å²) in [5.74, 6) is 0.448. The second-order valence-corrected chi connectivity index (χ2v) is 7.79. The Kier molecular flexibility index (Phi) is 4.90. The van der Waals surface area contributed by atoms with E-state index in [2.05, 4.69) is 4.90 Å². The number of para-hydroxylation sites is 1. The molecule has 31 heavy (non-hydrogen) atoms. The summed E-state index contributed by atoms with van der Waals surface area (Å²) >= 11 is 0. The van der Waals surface area contributed by atoms with Gasteiger partial charge in [0, 0.05) is 18.2 Å². The summed E-state index contributed by atoms with van der Waals surface area (Å²) in [5, 5.41) is 10.3. The van der Waals surface area contributed by atoms with Crippen LogP contribution in [-0.2, 0) is 4.79 Å². The summed E-state index contributed by atoms with van der Waals surface area (Å²) in [6.45, 7) is 0.772. The highest BCUT2D eigenvalue weighted by Gasteiger charge is 2.47. The fraction of sp³-hybridized carbons (Fsp3) is 0.240. The van der Waals surface area contributed by atoms with E-state index in [1.807, 2.05) is 72.8 Å². The van der Waals surface area contributed by atoms with Crippen molar-refractivity contribution in [2.24, 2.45) is 5.92 Å². The highest BCUT2D eigenvalue weighted by Crippen LogP contribution is 2.49. The molecule has 0 saturated carbocycles. The van der Waals surface area contributed by atoms with E-state index in [1.165, 1.54) is 0 Å². The minimum atomic E-state index is -0.818. The highest BCUT2D eigenvalue weighted by molar-refractivity contribution is 5.76. The molecule has 5 rings (SSSR count). The molecule has 3 aromatic rings. The summed E-state index contributed by atoms with van der Waals surface area (Å²) in [4.78, 5) is 14.8. The number of methoxy groups -OCH3 is 1. The van der Waals surface area contributed by atoms with Gasteiger partial charge in [-0.15, -0.1) is 0 Å². The van der Waals surface area contributed by atoms with Crippen molar-refractivity contribution in [1.82, 2.24) is 0 Å². The quantitative estimate of drug-likeness (QED) is 0.661. The van der Waals surface area contributed by atoms with Gasteiger partial charge < -0.3 is 24.2 Å². The first-order chi connectivity index (χ1) is 15.2. The van der Waals surface area contributed by atoms with Crippen LogP contribution in [0.1, 0.15) is 23.1 Å². The van der Waals surface area contributed by atoms with Crippen LogP contribution in [0.3, 0.4) is 0 Å². The van der Waals surface area contributed by atoms with Crippen molar-refractivity contribution in [3.8, 4) is 17.2 Å². The summed E-state index contributed by atoms with van der Waals surface area (Å²) in [5.41, 5.74) is 2.88. The molecule has 1 N–H and O–H groups in total. The zero-order valence-electron chi connectivity index (χ0n) is 17.1. The lowest BCUT2D eigenvalue weighted by Gasteiger charge is -2.29. The molecule has 1 fully saturated rings. The maximum atomic E-state index is 12.6. The fourth-order valence-electron chi connectivity index (χ4n) is 4.69. The SMILES string of the molecule is COc1ccc(C2C(C(=O)O)C(c3ccc4c(c3)OCO4)CN2c2ccccc2)cc1. The van der Waals surface area contributed by atoms with Crippen molar-refractivity contribution in [3.63, 3.8) is 0 Å². The summed E-state index contributed by atoms with van der Waals surface area (Å²) in [6, 6.07) is 23.1. The van der Waals surface area contributed by atoms with Gasteiger partial charge in [-0.05, 0) is 47.5 Å². The summed E-state index contributed by atoms with van der Waals surface area (Å²) in [6.07, 6.45) is 0. The normalized spacial score (nSPS) is 21.8. The first kappa shape index (κ1) is 19.3. The maximum absolute atomic E-state index is 12.6. The molecule has 6 nitrogen and oxygen atoms in total. The van der Waals surface area contributed by atoms with Gasteiger partial charge in [0.1, 0.15) is 5.75 Å². The standard InChI is InChI=1S/C25H23NO5/c1-29-19-10-7-16(8-11-19)24-23(25(27)28)20(14-26(24)18-5-3-2-4-6-18)17-9-12-21-22(13-17)31-15-30-21/h2-13,20,23-24H,14-15H2,1H3,(H,27,28).